The molecule has 2 aromatic carbocycles. The number of anilines is 1. The van der Waals surface area contributed by atoms with Gasteiger partial charge in [0.05, 0.1) is 0 Å². The van der Waals surface area contributed by atoms with Crippen LogP contribution >= 0.6 is 11.6 Å². The number of carbonyl (C=O) groups is 2. The predicted octanol–water partition coefficient (Wildman–Crippen LogP) is 3.83. The van der Waals surface area contributed by atoms with Gasteiger partial charge in [-0.05, 0) is 49.1 Å². The summed E-state index contributed by atoms with van der Waals surface area (Å²) in [6.45, 7) is 2.43. The molecule has 3 rings (SSSR count). The van der Waals surface area contributed by atoms with E-state index in [1.807, 2.05) is 31.2 Å². The van der Waals surface area contributed by atoms with Crippen molar-refractivity contribution in [1.82, 2.24) is 5.32 Å². The highest BCUT2D eigenvalue weighted by Gasteiger charge is 2.44. The van der Waals surface area contributed by atoms with Crippen molar-refractivity contribution in [2.24, 2.45) is 5.92 Å². The fraction of sp³-hybridized carbons (Fsp3) is 0.263. The lowest BCUT2D eigenvalue weighted by Gasteiger charge is -2.08. The molecule has 24 heavy (non-hydrogen) atoms. The van der Waals surface area contributed by atoms with Crippen molar-refractivity contribution >= 4 is 29.1 Å². The van der Waals surface area contributed by atoms with Crippen molar-refractivity contribution in [3.05, 3.63) is 64.7 Å². The van der Waals surface area contributed by atoms with Gasteiger partial charge >= 0.3 is 0 Å². The normalized spacial score (nSPS) is 18.8. The minimum Gasteiger partial charge on any atom is -0.352 e. The van der Waals surface area contributed by atoms with E-state index < -0.39 is 0 Å². The standard InChI is InChI=1S/C19H19ClN2O2/c1-2-21-18(23)12-6-5-7-13(10-12)22-19(24)16-11-15(16)14-8-3-4-9-17(14)20/h3-10,15-16H,2,11H2,1H3,(H,21,23)(H,22,24)/t15-,16-/m0/s1. The summed E-state index contributed by atoms with van der Waals surface area (Å²) in [5.41, 5.74) is 2.19. The van der Waals surface area contributed by atoms with E-state index in [0.717, 1.165) is 12.0 Å². The molecule has 2 aromatic rings. The Labute approximate surface area is 146 Å². The Morgan fingerprint density at radius 3 is 2.71 bits per heavy atom. The zero-order valence-corrected chi connectivity index (χ0v) is 14.1. The molecule has 5 heteroatoms. The van der Waals surface area contributed by atoms with Crippen LogP contribution in [0.1, 0.15) is 35.2 Å². The minimum absolute atomic E-state index is 0.0343. The molecule has 2 atom stereocenters. The van der Waals surface area contributed by atoms with E-state index in [1.165, 1.54) is 0 Å². The molecule has 1 aliphatic rings. The number of hydrogen-bond donors (Lipinski definition) is 2. The van der Waals surface area contributed by atoms with Crippen molar-refractivity contribution < 1.29 is 9.59 Å². The van der Waals surface area contributed by atoms with Gasteiger partial charge in [0.1, 0.15) is 0 Å². The molecule has 124 valence electrons. The maximum Gasteiger partial charge on any atom is 0.251 e. The highest BCUT2D eigenvalue weighted by molar-refractivity contribution is 6.31. The monoisotopic (exact) mass is 342 g/mol. The molecule has 2 amide bonds. The van der Waals surface area contributed by atoms with Crippen LogP contribution < -0.4 is 10.6 Å². The summed E-state index contributed by atoms with van der Waals surface area (Å²) in [5.74, 6) is -0.0785. The van der Waals surface area contributed by atoms with Crippen molar-refractivity contribution in [2.75, 3.05) is 11.9 Å². The predicted molar refractivity (Wildman–Crippen MR) is 95.4 cm³/mol. The fourth-order valence-electron chi connectivity index (χ4n) is 2.84. The molecule has 0 spiro atoms. The van der Waals surface area contributed by atoms with Crippen LogP contribution in [0.2, 0.25) is 5.02 Å². The molecule has 1 fully saturated rings. The molecule has 0 heterocycles. The topological polar surface area (TPSA) is 58.2 Å². The molecular formula is C19H19ClN2O2. The lowest BCUT2D eigenvalue weighted by molar-refractivity contribution is -0.117. The van der Waals surface area contributed by atoms with E-state index in [9.17, 15) is 9.59 Å². The quantitative estimate of drug-likeness (QED) is 0.867. The number of benzene rings is 2. The van der Waals surface area contributed by atoms with Gasteiger partial charge < -0.3 is 10.6 Å². The van der Waals surface area contributed by atoms with Gasteiger partial charge in [-0.3, -0.25) is 9.59 Å². The lowest BCUT2D eigenvalue weighted by atomic mass is 10.1. The van der Waals surface area contributed by atoms with Crippen LogP contribution in [0.4, 0.5) is 5.69 Å². The van der Waals surface area contributed by atoms with Gasteiger partial charge in [-0.25, -0.2) is 0 Å². The van der Waals surface area contributed by atoms with Gasteiger partial charge in [-0.2, -0.15) is 0 Å². The Morgan fingerprint density at radius 1 is 1.17 bits per heavy atom. The van der Waals surface area contributed by atoms with Crippen LogP contribution in [0.25, 0.3) is 0 Å². The second-order valence-electron chi connectivity index (χ2n) is 5.90. The van der Waals surface area contributed by atoms with Gasteiger partial charge in [0.2, 0.25) is 5.91 Å². The van der Waals surface area contributed by atoms with Crippen LogP contribution in [0, 0.1) is 5.92 Å². The molecule has 0 aliphatic heterocycles. The van der Waals surface area contributed by atoms with E-state index in [2.05, 4.69) is 10.6 Å². The second-order valence-corrected chi connectivity index (χ2v) is 6.31. The van der Waals surface area contributed by atoms with E-state index in [-0.39, 0.29) is 23.7 Å². The third-order valence-corrected chi connectivity index (χ3v) is 4.51. The van der Waals surface area contributed by atoms with Crippen molar-refractivity contribution in [1.29, 1.82) is 0 Å². The Hall–Kier alpha value is -2.33. The maximum atomic E-state index is 12.4. The zero-order valence-electron chi connectivity index (χ0n) is 13.4. The number of amides is 2. The molecule has 0 aromatic heterocycles. The molecule has 0 unspecified atom stereocenters. The van der Waals surface area contributed by atoms with Crippen molar-refractivity contribution in [3.8, 4) is 0 Å². The summed E-state index contributed by atoms with van der Waals surface area (Å²) in [7, 11) is 0. The van der Waals surface area contributed by atoms with Crippen LogP contribution in [-0.2, 0) is 4.79 Å². The summed E-state index contributed by atoms with van der Waals surface area (Å²) in [4.78, 5) is 24.3. The van der Waals surface area contributed by atoms with Crippen LogP contribution in [-0.4, -0.2) is 18.4 Å². The lowest BCUT2D eigenvalue weighted by Crippen LogP contribution is -2.23. The molecule has 1 aliphatic carbocycles. The molecule has 1 saturated carbocycles. The van der Waals surface area contributed by atoms with Gasteiger partial charge in [0, 0.05) is 28.7 Å². The number of halogens is 1. The first kappa shape index (κ1) is 16.5. The number of carbonyl (C=O) groups excluding carboxylic acids is 2. The Balaban J connectivity index is 1.65. The van der Waals surface area contributed by atoms with E-state index >= 15 is 0 Å². The summed E-state index contributed by atoms with van der Waals surface area (Å²) in [6, 6.07) is 14.6. The van der Waals surface area contributed by atoms with Gasteiger partial charge in [-0.1, -0.05) is 35.9 Å². The molecular weight excluding hydrogens is 324 g/mol. The average molecular weight is 343 g/mol. The van der Waals surface area contributed by atoms with Gasteiger partial charge in [0.15, 0.2) is 0 Å². The van der Waals surface area contributed by atoms with Gasteiger partial charge in [0.25, 0.3) is 5.91 Å². The highest BCUT2D eigenvalue weighted by atomic mass is 35.5. The molecule has 0 radical (unpaired) electrons. The Morgan fingerprint density at radius 2 is 1.96 bits per heavy atom. The van der Waals surface area contributed by atoms with Crippen molar-refractivity contribution in [2.45, 2.75) is 19.3 Å². The summed E-state index contributed by atoms with van der Waals surface area (Å²) < 4.78 is 0. The summed E-state index contributed by atoms with van der Waals surface area (Å²) in [5, 5.41) is 6.35. The molecule has 4 nitrogen and oxygen atoms in total. The Kier molecular flexibility index (Phi) is 4.86. The van der Waals surface area contributed by atoms with E-state index in [1.54, 1.807) is 24.3 Å². The Bertz CT molecular complexity index is 775. The number of nitrogens with one attached hydrogen (secondary N) is 2. The first-order chi connectivity index (χ1) is 11.6. The molecule has 0 saturated heterocycles. The van der Waals surface area contributed by atoms with E-state index in [0.29, 0.717) is 22.8 Å². The highest BCUT2D eigenvalue weighted by Crippen LogP contribution is 2.49. The first-order valence-electron chi connectivity index (χ1n) is 8.03. The fourth-order valence-corrected chi connectivity index (χ4v) is 3.12. The minimum atomic E-state index is -0.144. The van der Waals surface area contributed by atoms with E-state index in [4.69, 9.17) is 11.6 Å². The smallest absolute Gasteiger partial charge is 0.251 e. The second kappa shape index (κ2) is 7.05. The van der Waals surface area contributed by atoms with Crippen molar-refractivity contribution in [3.63, 3.8) is 0 Å². The van der Waals surface area contributed by atoms with Gasteiger partial charge in [-0.15, -0.1) is 0 Å². The number of hydrogen-bond acceptors (Lipinski definition) is 2. The maximum absolute atomic E-state index is 12.4. The third-order valence-electron chi connectivity index (χ3n) is 4.16. The first-order valence-corrected chi connectivity index (χ1v) is 8.41. The summed E-state index contributed by atoms with van der Waals surface area (Å²) >= 11 is 6.20. The molecule has 2 N–H and O–H groups in total. The van der Waals surface area contributed by atoms with Crippen LogP contribution in [0.3, 0.4) is 0 Å². The summed E-state index contributed by atoms with van der Waals surface area (Å²) in [6.07, 6.45) is 0.797. The SMILES string of the molecule is CCNC(=O)c1cccc(NC(=O)[C@H]2C[C@H]2c2ccccc2Cl)c1. The molecule has 0 bridgehead atoms. The largest absolute Gasteiger partial charge is 0.352 e. The van der Waals surface area contributed by atoms with Crippen LogP contribution in [0.15, 0.2) is 48.5 Å². The number of rotatable bonds is 5. The van der Waals surface area contributed by atoms with Crippen LogP contribution in [0.5, 0.6) is 0 Å². The zero-order chi connectivity index (χ0) is 17.1. The third kappa shape index (κ3) is 3.60. The average Bonchev–Trinajstić information content (AvgIpc) is 3.36.